The van der Waals surface area contributed by atoms with Crippen LogP contribution in [0.25, 0.3) is 0 Å². The van der Waals surface area contributed by atoms with Gasteiger partial charge in [-0.15, -0.1) is 0 Å². The standard InChI is InChI=1S/C21H26N2O3S/c1-17-10-12-19(22-21(24)13-11-18-8-4-2-5-9-18)16-20(17)27(25,26)23-14-6-3-7-15-23/h2,4-5,8-10,12,16H,3,6-7,11,13-15H2,1H3,(H,22,24). The van der Waals surface area contributed by atoms with Crippen molar-refractivity contribution in [3.05, 3.63) is 59.7 Å². The first-order chi connectivity index (χ1) is 13.0. The number of carbonyl (C=O) groups excluding carboxylic acids is 1. The van der Waals surface area contributed by atoms with Crippen LogP contribution in [0.2, 0.25) is 0 Å². The molecule has 1 heterocycles. The zero-order valence-electron chi connectivity index (χ0n) is 15.6. The first-order valence-electron chi connectivity index (χ1n) is 9.41. The van der Waals surface area contributed by atoms with Crippen LogP contribution in [0.15, 0.2) is 53.4 Å². The zero-order valence-corrected chi connectivity index (χ0v) is 16.5. The minimum absolute atomic E-state index is 0.121. The topological polar surface area (TPSA) is 66.5 Å². The van der Waals surface area contributed by atoms with Crippen molar-refractivity contribution in [1.29, 1.82) is 0 Å². The van der Waals surface area contributed by atoms with E-state index in [4.69, 9.17) is 0 Å². The molecule has 0 aliphatic carbocycles. The number of hydrogen-bond acceptors (Lipinski definition) is 3. The summed E-state index contributed by atoms with van der Waals surface area (Å²) in [5.41, 5.74) is 2.32. The van der Waals surface area contributed by atoms with E-state index in [0.29, 0.717) is 37.2 Å². The fourth-order valence-electron chi connectivity index (χ4n) is 3.33. The summed E-state index contributed by atoms with van der Waals surface area (Å²) in [6.07, 6.45) is 3.87. The summed E-state index contributed by atoms with van der Waals surface area (Å²) in [6, 6.07) is 14.9. The molecule has 1 aliphatic rings. The van der Waals surface area contributed by atoms with Crippen LogP contribution in [0.4, 0.5) is 5.69 Å². The average Bonchev–Trinajstić information content (AvgIpc) is 2.69. The smallest absolute Gasteiger partial charge is 0.243 e. The van der Waals surface area contributed by atoms with E-state index in [2.05, 4.69) is 5.32 Å². The Balaban J connectivity index is 1.70. The molecule has 1 amide bonds. The minimum Gasteiger partial charge on any atom is -0.326 e. The predicted molar refractivity (Wildman–Crippen MR) is 107 cm³/mol. The molecule has 2 aromatic carbocycles. The van der Waals surface area contributed by atoms with Crippen molar-refractivity contribution < 1.29 is 13.2 Å². The molecule has 2 aromatic rings. The molecule has 1 fully saturated rings. The molecule has 1 aliphatic heterocycles. The number of benzene rings is 2. The maximum atomic E-state index is 13.0. The Hall–Kier alpha value is -2.18. The third kappa shape index (κ3) is 4.96. The number of sulfonamides is 1. The van der Waals surface area contributed by atoms with Crippen molar-refractivity contribution in [3.63, 3.8) is 0 Å². The SMILES string of the molecule is Cc1ccc(NC(=O)CCc2ccccc2)cc1S(=O)(=O)N1CCCCC1. The summed E-state index contributed by atoms with van der Waals surface area (Å²) in [4.78, 5) is 12.5. The lowest BCUT2D eigenvalue weighted by Gasteiger charge is -2.26. The first kappa shape index (κ1) is 19.6. The van der Waals surface area contributed by atoms with Gasteiger partial charge in [0.15, 0.2) is 0 Å². The van der Waals surface area contributed by atoms with Gasteiger partial charge in [-0.1, -0.05) is 42.8 Å². The van der Waals surface area contributed by atoms with E-state index in [9.17, 15) is 13.2 Å². The predicted octanol–water partition coefficient (Wildman–Crippen LogP) is 3.74. The molecular formula is C21H26N2O3S. The van der Waals surface area contributed by atoms with E-state index in [0.717, 1.165) is 24.8 Å². The molecule has 27 heavy (non-hydrogen) atoms. The van der Waals surface area contributed by atoms with E-state index in [-0.39, 0.29) is 10.8 Å². The van der Waals surface area contributed by atoms with Gasteiger partial charge in [-0.3, -0.25) is 4.79 Å². The largest absolute Gasteiger partial charge is 0.326 e. The molecule has 0 radical (unpaired) electrons. The van der Waals surface area contributed by atoms with Crippen molar-refractivity contribution in [2.24, 2.45) is 0 Å². The second-order valence-corrected chi connectivity index (χ2v) is 8.89. The van der Waals surface area contributed by atoms with Gasteiger partial charge in [-0.05, 0) is 49.4 Å². The third-order valence-electron chi connectivity index (χ3n) is 4.89. The van der Waals surface area contributed by atoms with Crippen molar-refractivity contribution in [3.8, 4) is 0 Å². The second-order valence-electron chi connectivity index (χ2n) is 6.98. The van der Waals surface area contributed by atoms with Crippen molar-refractivity contribution in [1.82, 2.24) is 4.31 Å². The Morgan fingerprint density at radius 3 is 2.44 bits per heavy atom. The summed E-state index contributed by atoms with van der Waals surface area (Å²) < 4.78 is 27.5. The maximum Gasteiger partial charge on any atom is 0.243 e. The highest BCUT2D eigenvalue weighted by Crippen LogP contribution is 2.26. The van der Waals surface area contributed by atoms with E-state index in [1.54, 1.807) is 29.4 Å². The number of piperidine rings is 1. The number of anilines is 1. The lowest BCUT2D eigenvalue weighted by Crippen LogP contribution is -2.36. The zero-order chi connectivity index (χ0) is 19.3. The summed E-state index contributed by atoms with van der Waals surface area (Å²) in [7, 11) is -3.52. The lowest BCUT2D eigenvalue weighted by molar-refractivity contribution is -0.116. The van der Waals surface area contributed by atoms with Crippen LogP contribution in [-0.2, 0) is 21.2 Å². The maximum absolute atomic E-state index is 13.0. The van der Waals surface area contributed by atoms with Crippen LogP contribution in [0.1, 0.15) is 36.8 Å². The third-order valence-corrected chi connectivity index (χ3v) is 6.93. The Bertz CT molecular complexity index is 889. The van der Waals surface area contributed by atoms with Crippen LogP contribution in [0.5, 0.6) is 0 Å². The molecule has 0 atom stereocenters. The average molecular weight is 387 g/mol. The van der Waals surface area contributed by atoms with Crippen molar-refractivity contribution in [2.75, 3.05) is 18.4 Å². The molecule has 144 valence electrons. The van der Waals surface area contributed by atoms with Crippen molar-refractivity contribution in [2.45, 2.75) is 43.9 Å². The molecule has 0 aromatic heterocycles. The van der Waals surface area contributed by atoms with Gasteiger partial charge in [0.25, 0.3) is 0 Å². The Morgan fingerprint density at radius 2 is 1.74 bits per heavy atom. The fourth-order valence-corrected chi connectivity index (χ4v) is 5.09. The molecule has 0 unspecified atom stereocenters. The number of aryl methyl sites for hydroxylation is 2. The molecule has 5 nitrogen and oxygen atoms in total. The lowest BCUT2D eigenvalue weighted by atomic mass is 10.1. The van der Waals surface area contributed by atoms with Crippen molar-refractivity contribution >= 4 is 21.6 Å². The van der Waals surface area contributed by atoms with Gasteiger partial charge in [-0.2, -0.15) is 4.31 Å². The van der Waals surface area contributed by atoms with E-state index >= 15 is 0 Å². The fraction of sp³-hybridized carbons (Fsp3) is 0.381. The summed E-state index contributed by atoms with van der Waals surface area (Å²) in [5, 5.41) is 2.83. The molecule has 6 heteroatoms. The summed E-state index contributed by atoms with van der Waals surface area (Å²) >= 11 is 0. The van der Waals surface area contributed by atoms with Gasteiger partial charge >= 0.3 is 0 Å². The summed E-state index contributed by atoms with van der Waals surface area (Å²) in [6.45, 7) is 2.92. The van der Waals surface area contributed by atoms with E-state index in [1.807, 2.05) is 30.3 Å². The van der Waals surface area contributed by atoms with Gasteiger partial charge in [0.2, 0.25) is 15.9 Å². The number of nitrogens with one attached hydrogen (secondary N) is 1. The van der Waals surface area contributed by atoms with E-state index < -0.39 is 10.0 Å². The Morgan fingerprint density at radius 1 is 1.04 bits per heavy atom. The van der Waals surface area contributed by atoms with Gasteiger partial charge in [0.1, 0.15) is 0 Å². The number of rotatable bonds is 6. The number of carbonyl (C=O) groups is 1. The quantitative estimate of drug-likeness (QED) is 0.822. The Kier molecular flexibility index (Phi) is 6.29. The molecular weight excluding hydrogens is 360 g/mol. The molecule has 0 saturated carbocycles. The van der Waals surface area contributed by atoms with Gasteiger partial charge in [0, 0.05) is 25.2 Å². The van der Waals surface area contributed by atoms with Crippen LogP contribution < -0.4 is 5.32 Å². The van der Waals surface area contributed by atoms with Crippen LogP contribution in [-0.4, -0.2) is 31.7 Å². The molecule has 3 rings (SSSR count). The highest BCUT2D eigenvalue weighted by Gasteiger charge is 2.27. The van der Waals surface area contributed by atoms with Gasteiger partial charge < -0.3 is 5.32 Å². The van der Waals surface area contributed by atoms with Gasteiger partial charge in [-0.25, -0.2) is 8.42 Å². The molecule has 0 spiro atoms. The highest BCUT2D eigenvalue weighted by molar-refractivity contribution is 7.89. The molecule has 1 N–H and O–H groups in total. The minimum atomic E-state index is -3.52. The molecule has 1 saturated heterocycles. The van der Waals surface area contributed by atoms with Crippen LogP contribution in [0, 0.1) is 6.92 Å². The first-order valence-corrected chi connectivity index (χ1v) is 10.9. The Labute approximate surface area is 161 Å². The van der Waals surface area contributed by atoms with Crippen LogP contribution >= 0.6 is 0 Å². The number of hydrogen-bond donors (Lipinski definition) is 1. The summed E-state index contributed by atoms with van der Waals surface area (Å²) in [5.74, 6) is -0.121. The number of amides is 1. The normalized spacial score (nSPS) is 15.4. The van der Waals surface area contributed by atoms with E-state index in [1.165, 1.54) is 0 Å². The monoisotopic (exact) mass is 386 g/mol. The molecule has 0 bridgehead atoms. The number of nitrogens with zero attached hydrogens (tertiary/aromatic N) is 1. The second kappa shape index (κ2) is 8.67. The van der Waals surface area contributed by atoms with Gasteiger partial charge in [0.05, 0.1) is 4.90 Å². The highest BCUT2D eigenvalue weighted by atomic mass is 32.2. The van der Waals surface area contributed by atoms with Crippen LogP contribution in [0.3, 0.4) is 0 Å².